The van der Waals surface area contributed by atoms with Gasteiger partial charge in [0.25, 0.3) is 0 Å². The molecule has 1 fully saturated rings. The zero-order valence-electron chi connectivity index (χ0n) is 10.9. The van der Waals surface area contributed by atoms with Crippen LogP contribution in [0.1, 0.15) is 18.4 Å². The first-order chi connectivity index (χ1) is 9.72. The average molecular weight is 306 g/mol. The number of halogens is 1. The molecule has 2 bridgehead atoms. The van der Waals surface area contributed by atoms with Gasteiger partial charge in [-0.1, -0.05) is 42.0 Å². The van der Waals surface area contributed by atoms with Crippen LogP contribution in [0.25, 0.3) is 0 Å². The van der Waals surface area contributed by atoms with Crippen molar-refractivity contribution in [3.8, 4) is 0 Å². The summed E-state index contributed by atoms with van der Waals surface area (Å²) in [6.45, 7) is 0. The quantitative estimate of drug-likeness (QED) is 0.390. The van der Waals surface area contributed by atoms with Gasteiger partial charge >= 0.3 is 0 Å². The van der Waals surface area contributed by atoms with Gasteiger partial charge in [-0.3, -0.25) is 5.43 Å². The minimum atomic E-state index is 0.445. The van der Waals surface area contributed by atoms with Gasteiger partial charge < -0.3 is 5.32 Å². The first-order valence-electron chi connectivity index (χ1n) is 6.75. The SMILES string of the molecule is S=C(N/N=C\c1ccccc1Cl)N[C@H]1C[C@H]2C=C[C@@H]1C2. The number of allylic oxidation sites excluding steroid dienone is 1. The molecule has 1 aromatic rings. The molecule has 3 rings (SSSR count). The van der Waals surface area contributed by atoms with E-state index in [0.29, 0.717) is 22.1 Å². The Labute approximate surface area is 129 Å². The number of hydrogen-bond acceptors (Lipinski definition) is 2. The first kappa shape index (κ1) is 13.6. The molecule has 0 spiro atoms. The predicted octanol–water partition coefficient (Wildman–Crippen LogP) is 3.10. The van der Waals surface area contributed by atoms with Crippen LogP contribution in [0.2, 0.25) is 5.02 Å². The third-order valence-electron chi connectivity index (χ3n) is 3.87. The van der Waals surface area contributed by atoms with Gasteiger partial charge in [0.15, 0.2) is 5.11 Å². The number of benzene rings is 1. The molecule has 2 aliphatic rings. The molecule has 3 atom stereocenters. The van der Waals surface area contributed by atoms with Crippen LogP contribution in [0, 0.1) is 11.8 Å². The molecule has 1 saturated carbocycles. The summed E-state index contributed by atoms with van der Waals surface area (Å²) in [4.78, 5) is 0. The number of rotatable bonds is 3. The first-order valence-corrected chi connectivity index (χ1v) is 7.53. The van der Waals surface area contributed by atoms with E-state index in [9.17, 15) is 0 Å². The zero-order chi connectivity index (χ0) is 13.9. The molecule has 0 saturated heterocycles. The van der Waals surface area contributed by atoms with Crippen molar-refractivity contribution in [3.05, 3.63) is 47.0 Å². The lowest BCUT2D eigenvalue weighted by atomic mass is 10.0. The van der Waals surface area contributed by atoms with Crippen molar-refractivity contribution in [1.29, 1.82) is 0 Å². The average Bonchev–Trinajstić information content (AvgIpc) is 3.03. The third kappa shape index (κ3) is 3.02. The minimum Gasteiger partial charge on any atom is -0.358 e. The summed E-state index contributed by atoms with van der Waals surface area (Å²) in [5, 5.41) is 8.70. The van der Waals surface area contributed by atoms with Gasteiger partial charge in [-0.25, -0.2) is 0 Å². The van der Waals surface area contributed by atoms with Crippen molar-refractivity contribution in [3.63, 3.8) is 0 Å². The normalized spacial score (nSPS) is 27.1. The summed E-state index contributed by atoms with van der Waals surface area (Å²) < 4.78 is 0. The molecular formula is C15H16ClN3S. The second-order valence-corrected chi connectivity index (χ2v) is 6.07. The highest BCUT2D eigenvalue weighted by molar-refractivity contribution is 7.80. The smallest absolute Gasteiger partial charge is 0.187 e. The number of thiocarbonyl (C=S) groups is 1. The Kier molecular flexibility index (Phi) is 4.03. The summed E-state index contributed by atoms with van der Waals surface area (Å²) in [5.74, 6) is 1.35. The third-order valence-corrected chi connectivity index (χ3v) is 4.42. The van der Waals surface area contributed by atoms with E-state index in [1.54, 1.807) is 6.21 Å². The van der Waals surface area contributed by atoms with Crippen molar-refractivity contribution in [2.24, 2.45) is 16.9 Å². The Balaban J connectivity index is 1.50. The van der Waals surface area contributed by atoms with Gasteiger partial charge in [-0.2, -0.15) is 5.10 Å². The Bertz CT molecular complexity index is 570. The topological polar surface area (TPSA) is 36.4 Å². The lowest BCUT2D eigenvalue weighted by molar-refractivity contribution is 0.521. The number of hydrazone groups is 1. The van der Waals surface area contributed by atoms with Gasteiger partial charge in [0.1, 0.15) is 0 Å². The molecule has 0 unspecified atom stereocenters. The molecule has 1 aromatic carbocycles. The van der Waals surface area contributed by atoms with Crippen molar-refractivity contribution in [2.45, 2.75) is 18.9 Å². The van der Waals surface area contributed by atoms with E-state index in [-0.39, 0.29) is 0 Å². The van der Waals surface area contributed by atoms with Gasteiger partial charge in [0, 0.05) is 16.6 Å². The van der Waals surface area contributed by atoms with Crippen LogP contribution in [0.3, 0.4) is 0 Å². The Morgan fingerprint density at radius 2 is 2.15 bits per heavy atom. The van der Waals surface area contributed by atoms with Crippen molar-refractivity contribution in [1.82, 2.24) is 10.7 Å². The number of nitrogens with zero attached hydrogens (tertiary/aromatic N) is 1. The van der Waals surface area contributed by atoms with E-state index in [0.717, 1.165) is 17.9 Å². The van der Waals surface area contributed by atoms with Crippen LogP contribution >= 0.6 is 23.8 Å². The predicted molar refractivity (Wildman–Crippen MR) is 87.1 cm³/mol. The lowest BCUT2D eigenvalue weighted by Gasteiger charge is -2.20. The summed E-state index contributed by atoms with van der Waals surface area (Å²) in [6.07, 6.45) is 8.70. The Morgan fingerprint density at radius 3 is 2.85 bits per heavy atom. The van der Waals surface area contributed by atoms with E-state index < -0.39 is 0 Å². The molecule has 20 heavy (non-hydrogen) atoms. The second-order valence-electron chi connectivity index (χ2n) is 5.25. The second kappa shape index (κ2) is 5.94. The Morgan fingerprint density at radius 1 is 1.30 bits per heavy atom. The summed E-state index contributed by atoms with van der Waals surface area (Å²) in [5.41, 5.74) is 3.72. The maximum absolute atomic E-state index is 6.04. The lowest BCUT2D eigenvalue weighted by Crippen LogP contribution is -2.42. The van der Waals surface area contributed by atoms with Crippen LogP contribution in [0.15, 0.2) is 41.5 Å². The molecule has 0 radical (unpaired) electrons. The zero-order valence-corrected chi connectivity index (χ0v) is 12.5. The summed E-state index contributed by atoms with van der Waals surface area (Å²) >= 11 is 11.3. The van der Waals surface area contributed by atoms with Crippen LogP contribution in [-0.2, 0) is 0 Å². The fraction of sp³-hybridized carbons (Fsp3) is 0.333. The molecule has 0 aliphatic heterocycles. The minimum absolute atomic E-state index is 0.445. The van der Waals surface area contributed by atoms with Gasteiger partial charge in [0.05, 0.1) is 6.21 Å². The van der Waals surface area contributed by atoms with Gasteiger partial charge in [-0.05, 0) is 43.0 Å². The van der Waals surface area contributed by atoms with Crippen LogP contribution in [0.5, 0.6) is 0 Å². The molecular weight excluding hydrogens is 290 g/mol. The molecule has 5 heteroatoms. The largest absolute Gasteiger partial charge is 0.358 e. The molecule has 0 amide bonds. The highest BCUT2D eigenvalue weighted by atomic mass is 35.5. The molecule has 0 aromatic heterocycles. The maximum Gasteiger partial charge on any atom is 0.187 e. The number of nitrogens with one attached hydrogen (secondary N) is 2. The van der Waals surface area contributed by atoms with Crippen molar-refractivity contribution in [2.75, 3.05) is 0 Å². The fourth-order valence-corrected chi connectivity index (χ4v) is 3.28. The molecule has 2 N–H and O–H groups in total. The van der Waals surface area contributed by atoms with E-state index >= 15 is 0 Å². The van der Waals surface area contributed by atoms with Crippen LogP contribution < -0.4 is 10.7 Å². The number of fused-ring (bicyclic) bond motifs is 2. The molecule has 2 aliphatic carbocycles. The molecule has 0 heterocycles. The number of hydrogen-bond donors (Lipinski definition) is 2. The molecule has 104 valence electrons. The summed E-state index contributed by atoms with van der Waals surface area (Å²) in [6, 6.07) is 8.00. The van der Waals surface area contributed by atoms with E-state index in [2.05, 4.69) is 28.0 Å². The molecule has 3 nitrogen and oxygen atoms in total. The van der Waals surface area contributed by atoms with Gasteiger partial charge in [0.2, 0.25) is 0 Å². The van der Waals surface area contributed by atoms with Crippen molar-refractivity contribution < 1.29 is 0 Å². The fourth-order valence-electron chi connectivity index (χ4n) is 2.89. The summed E-state index contributed by atoms with van der Waals surface area (Å²) in [7, 11) is 0. The Hall–Kier alpha value is -1.39. The van der Waals surface area contributed by atoms with Crippen LogP contribution in [0.4, 0.5) is 0 Å². The van der Waals surface area contributed by atoms with Gasteiger partial charge in [-0.15, -0.1) is 0 Å². The van der Waals surface area contributed by atoms with E-state index in [1.165, 1.54) is 6.42 Å². The van der Waals surface area contributed by atoms with E-state index in [1.807, 2.05) is 24.3 Å². The highest BCUT2D eigenvalue weighted by Gasteiger charge is 2.35. The van der Waals surface area contributed by atoms with E-state index in [4.69, 9.17) is 23.8 Å². The monoisotopic (exact) mass is 305 g/mol. The standard InChI is InChI=1S/C15H16ClN3S/c16-13-4-2-1-3-12(13)9-17-19-15(20)18-14-8-10-5-6-11(14)7-10/h1-6,9-11,14H,7-8H2,(H2,18,19,20)/b17-9-/t10-,11+,14-/m0/s1. The van der Waals surface area contributed by atoms with Crippen molar-refractivity contribution >= 4 is 35.1 Å². The highest BCUT2D eigenvalue weighted by Crippen LogP contribution is 2.38. The maximum atomic E-state index is 6.04. The van der Waals surface area contributed by atoms with Crippen LogP contribution in [-0.4, -0.2) is 17.4 Å².